The van der Waals surface area contributed by atoms with E-state index < -0.39 is 17.6 Å². The van der Waals surface area contributed by atoms with Gasteiger partial charge in [-0.25, -0.2) is 0 Å². The molecule has 1 heterocycles. The SMILES string of the molecule is CN(Cc1ccc2c(c1)OCCO2)C(=O)CNC(=O)c1ccc(C(F)(F)F)cc1. The Bertz CT molecular complexity index is 898. The fourth-order valence-electron chi connectivity index (χ4n) is 2.75. The average molecular weight is 408 g/mol. The first-order valence-electron chi connectivity index (χ1n) is 8.82. The molecule has 0 saturated carbocycles. The van der Waals surface area contributed by atoms with Crippen LogP contribution in [0.4, 0.5) is 13.2 Å². The van der Waals surface area contributed by atoms with Gasteiger partial charge in [0, 0.05) is 19.2 Å². The van der Waals surface area contributed by atoms with Crippen molar-refractivity contribution in [3.05, 3.63) is 59.2 Å². The summed E-state index contributed by atoms with van der Waals surface area (Å²) in [5, 5.41) is 2.42. The molecule has 0 aromatic heterocycles. The number of hydrogen-bond donors (Lipinski definition) is 1. The Kier molecular flexibility index (Phi) is 5.95. The number of carbonyl (C=O) groups is 2. The van der Waals surface area contributed by atoms with Gasteiger partial charge in [-0.2, -0.15) is 13.2 Å². The van der Waals surface area contributed by atoms with E-state index in [0.717, 1.165) is 29.8 Å². The van der Waals surface area contributed by atoms with E-state index in [1.165, 1.54) is 4.90 Å². The third-order valence-corrected chi connectivity index (χ3v) is 4.33. The molecule has 2 aromatic rings. The van der Waals surface area contributed by atoms with E-state index in [1.54, 1.807) is 19.2 Å². The number of nitrogens with zero attached hydrogens (tertiary/aromatic N) is 1. The summed E-state index contributed by atoms with van der Waals surface area (Å²) in [7, 11) is 1.59. The number of amides is 2. The normalized spacial score (nSPS) is 13.0. The molecule has 0 bridgehead atoms. The van der Waals surface area contributed by atoms with Gasteiger partial charge in [-0.05, 0) is 42.0 Å². The standard InChI is InChI=1S/C20H19F3N2O4/c1-25(12-13-2-7-16-17(10-13)29-9-8-28-16)18(26)11-24-19(27)14-3-5-15(6-4-14)20(21,22)23/h2-7,10H,8-9,11-12H2,1H3,(H,24,27). The minimum Gasteiger partial charge on any atom is -0.486 e. The summed E-state index contributed by atoms with van der Waals surface area (Å²) >= 11 is 0. The largest absolute Gasteiger partial charge is 0.486 e. The number of hydrogen-bond acceptors (Lipinski definition) is 4. The van der Waals surface area contributed by atoms with E-state index in [-0.39, 0.29) is 18.0 Å². The van der Waals surface area contributed by atoms with Gasteiger partial charge in [-0.3, -0.25) is 9.59 Å². The summed E-state index contributed by atoms with van der Waals surface area (Å²) in [6.45, 7) is 0.969. The number of rotatable bonds is 5. The van der Waals surface area contributed by atoms with Gasteiger partial charge in [-0.1, -0.05) is 6.07 Å². The number of likely N-dealkylation sites (N-methyl/N-ethyl adjacent to an activating group) is 1. The summed E-state index contributed by atoms with van der Waals surface area (Å²) in [5.74, 6) is 0.294. The van der Waals surface area contributed by atoms with Crippen molar-refractivity contribution in [2.45, 2.75) is 12.7 Å². The summed E-state index contributed by atoms with van der Waals surface area (Å²) < 4.78 is 48.7. The van der Waals surface area contributed by atoms with Crippen LogP contribution in [0.3, 0.4) is 0 Å². The number of alkyl halides is 3. The average Bonchev–Trinajstić information content (AvgIpc) is 2.71. The molecule has 2 amide bonds. The molecular formula is C20H19F3N2O4. The summed E-state index contributed by atoms with van der Waals surface area (Å²) in [6.07, 6.45) is -4.47. The fraction of sp³-hybridized carbons (Fsp3) is 0.300. The van der Waals surface area contributed by atoms with Crippen molar-refractivity contribution in [1.82, 2.24) is 10.2 Å². The van der Waals surface area contributed by atoms with Gasteiger partial charge in [0.2, 0.25) is 5.91 Å². The number of halogens is 3. The Hall–Kier alpha value is -3.23. The predicted molar refractivity (Wildman–Crippen MR) is 97.7 cm³/mol. The Morgan fingerprint density at radius 2 is 1.69 bits per heavy atom. The van der Waals surface area contributed by atoms with E-state index in [1.807, 2.05) is 6.07 Å². The van der Waals surface area contributed by atoms with Crippen molar-refractivity contribution in [2.24, 2.45) is 0 Å². The van der Waals surface area contributed by atoms with Crippen LogP contribution in [-0.2, 0) is 17.5 Å². The van der Waals surface area contributed by atoms with E-state index >= 15 is 0 Å². The lowest BCUT2D eigenvalue weighted by molar-refractivity contribution is -0.137. The van der Waals surface area contributed by atoms with Crippen LogP contribution in [0.25, 0.3) is 0 Å². The van der Waals surface area contributed by atoms with Crippen LogP contribution in [-0.4, -0.2) is 43.5 Å². The maximum absolute atomic E-state index is 12.6. The predicted octanol–water partition coefficient (Wildman–Crippen LogP) is 2.87. The number of fused-ring (bicyclic) bond motifs is 1. The molecule has 2 aromatic carbocycles. The lowest BCUT2D eigenvalue weighted by Gasteiger charge is -2.21. The summed E-state index contributed by atoms with van der Waals surface area (Å²) in [4.78, 5) is 25.8. The second-order valence-corrected chi connectivity index (χ2v) is 6.49. The zero-order valence-corrected chi connectivity index (χ0v) is 15.6. The maximum Gasteiger partial charge on any atom is 0.416 e. The molecule has 6 nitrogen and oxygen atoms in total. The summed E-state index contributed by atoms with van der Waals surface area (Å²) in [5.41, 5.74) is 0.0312. The van der Waals surface area contributed by atoms with E-state index in [9.17, 15) is 22.8 Å². The van der Waals surface area contributed by atoms with Crippen LogP contribution in [0.1, 0.15) is 21.5 Å². The zero-order chi connectivity index (χ0) is 21.0. The van der Waals surface area contributed by atoms with Crippen molar-refractivity contribution in [3.63, 3.8) is 0 Å². The first-order valence-corrected chi connectivity index (χ1v) is 8.82. The van der Waals surface area contributed by atoms with Gasteiger partial charge in [0.05, 0.1) is 12.1 Å². The van der Waals surface area contributed by atoms with E-state index in [2.05, 4.69) is 5.32 Å². The molecule has 0 radical (unpaired) electrons. The molecule has 29 heavy (non-hydrogen) atoms. The molecule has 0 unspecified atom stereocenters. The van der Waals surface area contributed by atoms with Crippen LogP contribution in [0.15, 0.2) is 42.5 Å². The molecule has 0 saturated heterocycles. The van der Waals surface area contributed by atoms with Gasteiger partial charge >= 0.3 is 6.18 Å². The van der Waals surface area contributed by atoms with Gasteiger partial charge in [0.1, 0.15) is 13.2 Å². The topological polar surface area (TPSA) is 67.9 Å². The highest BCUT2D eigenvalue weighted by Crippen LogP contribution is 2.31. The molecule has 1 N–H and O–H groups in total. The minimum atomic E-state index is -4.47. The third-order valence-electron chi connectivity index (χ3n) is 4.33. The van der Waals surface area contributed by atoms with Crippen LogP contribution in [0, 0.1) is 0 Å². The smallest absolute Gasteiger partial charge is 0.416 e. The number of carbonyl (C=O) groups excluding carboxylic acids is 2. The molecule has 0 spiro atoms. The fourth-order valence-corrected chi connectivity index (χ4v) is 2.75. The zero-order valence-electron chi connectivity index (χ0n) is 15.6. The Morgan fingerprint density at radius 1 is 1.03 bits per heavy atom. The highest BCUT2D eigenvalue weighted by atomic mass is 19.4. The van der Waals surface area contributed by atoms with Crippen molar-refractivity contribution >= 4 is 11.8 Å². The van der Waals surface area contributed by atoms with Gasteiger partial charge in [0.15, 0.2) is 11.5 Å². The Balaban J connectivity index is 1.52. The summed E-state index contributed by atoms with van der Waals surface area (Å²) in [6, 6.07) is 9.17. The molecule has 3 rings (SSSR count). The van der Waals surface area contributed by atoms with Crippen LogP contribution >= 0.6 is 0 Å². The van der Waals surface area contributed by atoms with Crippen molar-refractivity contribution in [1.29, 1.82) is 0 Å². The number of nitrogens with one attached hydrogen (secondary N) is 1. The monoisotopic (exact) mass is 408 g/mol. The van der Waals surface area contributed by atoms with Crippen molar-refractivity contribution in [2.75, 3.05) is 26.8 Å². The van der Waals surface area contributed by atoms with Crippen LogP contribution < -0.4 is 14.8 Å². The second kappa shape index (κ2) is 8.42. The molecular weight excluding hydrogens is 389 g/mol. The Morgan fingerprint density at radius 3 is 2.34 bits per heavy atom. The molecule has 1 aliphatic rings. The first-order chi connectivity index (χ1) is 13.7. The van der Waals surface area contributed by atoms with E-state index in [0.29, 0.717) is 31.3 Å². The van der Waals surface area contributed by atoms with Gasteiger partial charge < -0.3 is 19.7 Å². The first kappa shape index (κ1) is 20.5. The quantitative estimate of drug-likeness (QED) is 0.826. The highest BCUT2D eigenvalue weighted by molar-refractivity contribution is 5.96. The molecule has 0 aliphatic carbocycles. The molecule has 1 aliphatic heterocycles. The number of benzene rings is 2. The lowest BCUT2D eigenvalue weighted by Crippen LogP contribution is -2.37. The van der Waals surface area contributed by atoms with Crippen molar-refractivity contribution in [3.8, 4) is 11.5 Å². The maximum atomic E-state index is 12.6. The van der Waals surface area contributed by atoms with Gasteiger partial charge in [0.25, 0.3) is 5.91 Å². The lowest BCUT2D eigenvalue weighted by atomic mass is 10.1. The van der Waals surface area contributed by atoms with Gasteiger partial charge in [-0.15, -0.1) is 0 Å². The van der Waals surface area contributed by atoms with Crippen molar-refractivity contribution < 1.29 is 32.2 Å². The second-order valence-electron chi connectivity index (χ2n) is 6.49. The highest BCUT2D eigenvalue weighted by Gasteiger charge is 2.30. The van der Waals surface area contributed by atoms with Crippen LogP contribution in [0.5, 0.6) is 11.5 Å². The Labute approximate surface area is 165 Å². The molecule has 9 heteroatoms. The minimum absolute atomic E-state index is 0.0419. The molecule has 0 fully saturated rings. The van der Waals surface area contributed by atoms with E-state index in [4.69, 9.17) is 9.47 Å². The number of ether oxygens (including phenoxy) is 2. The van der Waals surface area contributed by atoms with Crippen LogP contribution in [0.2, 0.25) is 0 Å². The molecule has 154 valence electrons. The molecule has 0 atom stereocenters. The third kappa shape index (κ3) is 5.18.